The molecular weight excluding hydrogens is 269 g/mol. The first-order valence-corrected chi connectivity index (χ1v) is 6.83. The Balaban J connectivity index is 2.02. The molecule has 2 rings (SSSR count). The third-order valence-corrected chi connectivity index (χ3v) is 3.30. The number of nitrogens with one attached hydrogen (secondary N) is 1. The highest BCUT2D eigenvalue weighted by molar-refractivity contribution is 5.96. The molecule has 2 aromatic carbocycles. The number of rotatable bonds is 4. The topological polar surface area (TPSA) is 49.3 Å². The molecule has 21 heavy (non-hydrogen) atoms. The molecule has 2 aromatic rings. The monoisotopic (exact) mass is 287 g/mol. The van der Waals surface area contributed by atoms with Crippen molar-refractivity contribution in [1.82, 2.24) is 5.32 Å². The summed E-state index contributed by atoms with van der Waals surface area (Å²) in [6, 6.07) is 11.2. The number of benzene rings is 2. The number of phenolic OH excluding ortho intramolecular Hbond substituents is 1. The summed E-state index contributed by atoms with van der Waals surface area (Å²) in [4.78, 5) is 11.9. The lowest BCUT2D eigenvalue weighted by atomic mass is 10.0. The van der Waals surface area contributed by atoms with Crippen LogP contribution in [0.5, 0.6) is 5.75 Å². The maximum absolute atomic E-state index is 13.1. The van der Waals surface area contributed by atoms with Gasteiger partial charge >= 0.3 is 0 Å². The van der Waals surface area contributed by atoms with Gasteiger partial charge in [-0.05, 0) is 35.2 Å². The molecule has 0 saturated heterocycles. The van der Waals surface area contributed by atoms with Gasteiger partial charge in [0, 0.05) is 6.54 Å². The van der Waals surface area contributed by atoms with Gasteiger partial charge in [-0.15, -0.1) is 0 Å². The molecule has 0 aliphatic rings. The van der Waals surface area contributed by atoms with Crippen LogP contribution in [-0.4, -0.2) is 11.0 Å². The molecule has 0 bridgehead atoms. The molecule has 2 N–H and O–H groups in total. The van der Waals surface area contributed by atoms with Gasteiger partial charge in [-0.1, -0.05) is 38.1 Å². The van der Waals surface area contributed by atoms with Crippen molar-refractivity contribution in [1.29, 1.82) is 0 Å². The fraction of sp³-hybridized carbons (Fsp3) is 0.235. The zero-order valence-corrected chi connectivity index (χ0v) is 12.1. The number of aromatic hydroxyl groups is 1. The lowest BCUT2D eigenvalue weighted by Crippen LogP contribution is -2.23. The van der Waals surface area contributed by atoms with Gasteiger partial charge in [0.05, 0.1) is 5.56 Å². The Morgan fingerprint density at radius 1 is 1.19 bits per heavy atom. The quantitative estimate of drug-likeness (QED) is 0.903. The Morgan fingerprint density at radius 2 is 1.86 bits per heavy atom. The largest absolute Gasteiger partial charge is 0.507 e. The normalized spacial score (nSPS) is 10.7. The Labute approximate surface area is 123 Å². The lowest BCUT2D eigenvalue weighted by molar-refractivity contribution is 0.0947. The van der Waals surface area contributed by atoms with Crippen molar-refractivity contribution in [2.45, 2.75) is 26.3 Å². The number of hydrogen-bond acceptors (Lipinski definition) is 2. The third-order valence-electron chi connectivity index (χ3n) is 3.30. The Morgan fingerprint density at radius 3 is 2.48 bits per heavy atom. The number of carbonyl (C=O) groups is 1. The SMILES string of the molecule is CC(C)c1ccc(CNC(=O)c2cc(F)ccc2O)cc1. The summed E-state index contributed by atoms with van der Waals surface area (Å²) in [6.45, 7) is 4.56. The van der Waals surface area contributed by atoms with Crippen molar-refractivity contribution in [3.8, 4) is 5.75 Å². The van der Waals surface area contributed by atoms with Crippen LogP contribution in [0.4, 0.5) is 4.39 Å². The molecule has 0 atom stereocenters. The van der Waals surface area contributed by atoms with Crippen molar-refractivity contribution >= 4 is 5.91 Å². The van der Waals surface area contributed by atoms with E-state index in [4.69, 9.17) is 0 Å². The molecule has 3 nitrogen and oxygen atoms in total. The van der Waals surface area contributed by atoms with Crippen LogP contribution in [0.3, 0.4) is 0 Å². The van der Waals surface area contributed by atoms with Gasteiger partial charge in [0.25, 0.3) is 5.91 Å². The average molecular weight is 287 g/mol. The summed E-state index contributed by atoms with van der Waals surface area (Å²) in [5.41, 5.74) is 2.12. The van der Waals surface area contributed by atoms with Gasteiger partial charge in [0.15, 0.2) is 0 Å². The van der Waals surface area contributed by atoms with Crippen LogP contribution in [0.1, 0.15) is 41.3 Å². The first kappa shape index (κ1) is 15.0. The van der Waals surface area contributed by atoms with Gasteiger partial charge in [0.2, 0.25) is 0 Å². The van der Waals surface area contributed by atoms with E-state index in [1.54, 1.807) is 0 Å². The molecule has 0 aromatic heterocycles. The van der Waals surface area contributed by atoms with E-state index in [0.717, 1.165) is 17.7 Å². The van der Waals surface area contributed by atoms with Crippen LogP contribution in [0, 0.1) is 5.82 Å². The smallest absolute Gasteiger partial charge is 0.255 e. The van der Waals surface area contributed by atoms with E-state index >= 15 is 0 Å². The highest BCUT2D eigenvalue weighted by Gasteiger charge is 2.11. The fourth-order valence-electron chi connectivity index (χ4n) is 1.99. The first-order chi connectivity index (χ1) is 9.97. The van der Waals surface area contributed by atoms with Gasteiger partial charge in [-0.2, -0.15) is 0 Å². The van der Waals surface area contributed by atoms with E-state index in [1.165, 1.54) is 11.6 Å². The van der Waals surface area contributed by atoms with Crippen molar-refractivity contribution in [2.24, 2.45) is 0 Å². The van der Waals surface area contributed by atoms with Crippen molar-refractivity contribution in [3.05, 3.63) is 65.0 Å². The second-order valence-electron chi connectivity index (χ2n) is 5.24. The van der Waals surface area contributed by atoms with Crippen molar-refractivity contribution in [3.63, 3.8) is 0 Å². The summed E-state index contributed by atoms with van der Waals surface area (Å²) in [5.74, 6) is -0.832. The van der Waals surface area contributed by atoms with Gasteiger partial charge in [0.1, 0.15) is 11.6 Å². The number of hydrogen-bond donors (Lipinski definition) is 2. The van der Waals surface area contributed by atoms with E-state index in [-0.39, 0.29) is 11.3 Å². The summed E-state index contributed by atoms with van der Waals surface area (Å²) >= 11 is 0. The summed E-state index contributed by atoms with van der Waals surface area (Å²) in [6.07, 6.45) is 0. The standard InChI is InChI=1S/C17H18FNO2/c1-11(2)13-5-3-12(4-6-13)10-19-17(21)15-9-14(18)7-8-16(15)20/h3-9,11,20H,10H2,1-2H3,(H,19,21). The molecule has 0 radical (unpaired) electrons. The van der Waals surface area contributed by atoms with Crippen LogP contribution in [-0.2, 0) is 6.54 Å². The van der Waals surface area contributed by atoms with Crippen molar-refractivity contribution in [2.75, 3.05) is 0 Å². The molecule has 0 aliphatic carbocycles. The molecule has 0 fully saturated rings. The molecule has 4 heteroatoms. The lowest BCUT2D eigenvalue weighted by Gasteiger charge is -2.09. The molecule has 0 aliphatic heterocycles. The van der Waals surface area contributed by atoms with Gasteiger partial charge in [-0.3, -0.25) is 4.79 Å². The first-order valence-electron chi connectivity index (χ1n) is 6.83. The highest BCUT2D eigenvalue weighted by Crippen LogP contribution is 2.18. The van der Waals surface area contributed by atoms with E-state index < -0.39 is 11.7 Å². The molecule has 0 unspecified atom stereocenters. The minimum Gasteiger partial charge on any atom is -0.507 e. The summed E-state index contributed by atoms with van der Waals surface area (Å²) in [5, 5.41) is 12.2. The molecular formula is C17H18FNO2. The molecule has 110 valence electrons. The number of carbonyl (C=O) groups excluding carboxylic acids is 1. The van der Waals surface area contributed by atoms with Crippen LogP contribution in [0.2, 0.25) is 0 Å². The Hall–Kier alpha value is -2.36. The molecule has 0 heterocycles. The predicted octanol–water partition coefficient (Wildman–Crippen LogP) is 3.58. The van der Waals surface area contributed by atoms with E-state index in [0.29, 0.717) is 12.5 Å². The van der Waals surface area contributed by atoms with Crippen molar-refractivity contribution < 1.29 is 14.3 Å². The zero-order valence-electron chi connectivity index (χ0n) is 12.1. The number of amides is 1. The predicted molar refractivity (Wildman–Crippen MR) is 79.8 cm³/mol. The second kappa shape index (κ2) is 6.39. The maximum atomic E-state index is 13.1. The fourth-order valence-corrected chi connectivity index (χ4v) is 1.99. The van der Waals surface area contributed by atoms with E-state index in [2.05, 4.69) is 19.2 Å². The summed E-state index contributed by atoms with van der Waals surface area (Å²) in [7, 11) is 0. The zero-order chi connectivity index (χ0) is 15.4. The minimum absolute atomic E-state index is 0.0613. The highest BCUT2D eigenvalue weighted by atomic mass is 19.1. The van der Waals surface area contributed by atoms with Gasteiger partial charge < -0.3 is 10.4 Å². The van der Waals surface area contributed by atoms with E-state index in [9.17, 15) is 14.3 Å². The van der Waals surface area contributed by atoms with Crippen LogP contribution < -0.4 is 5.32 Å². The number of phenols is 1. The van der Waals surface area contributed by atoms with Crippen LogP contribution in [0.15, 0.2) is 42.5 Å². The number of halogens is 1. The molecule has 0 saturated carbocycles. The third kappa shape index (κ3) is 3.81. The molecule has 1 amide bonds. The second-order valence-corrected chi connectivity index (χ2v) is 5.24. The van der Waals surface area contributed by atoms with Crippen LogP contribution in [0.25, 0.3) is 0 Å². The van der Waals surface area contributed by atoms with Gasteiger partial charge in [-0.25, -0.2) is 4.39 Å². The Bertz CT molecular complexity index is 636. The van der Waals surface area contributed by atoms with Crippen LogP contribution >= 0.6 is 0 Å². The summed E-state index contributed by atoms with van der Waals surface area (Å²) < 4.78 is 13.1. The van der Waals surface area contributed by atoms with E-state index in [1.807, 2.05) is 24.3 Å². The molecule has 0 spiro atoms. The average Bonchev–Trinajstić information content (AvgIpc) is 2.47. The Kier molecular flexibility index (Phi) is 4.58. The maximum Gasteiger partial charge on any atom is 0.255 e. The minimum atomic E-state index is -0.556.